The van der Waals surface area contributed by atoms with Crippen molar-refractivity contribution >= 4 is 12.0 Å². The fourth-order valence-electron chi connectivity index (χ4n) is 2.64. The molecule has 1 fully saturated rings. The third kappa shape index (κ3) is 3.74. The molecule has 0 spiro atoms. The second-order valence-electron chi connectivity index (χ2n) is 5.39. The van der Waals surface area contributed by atoms with Crippen molar-refractivity contribution in [1.82, 2.24) is 20.0 Å². The molecule has 7 nitrogen and oxygen atoms in total. The molecule has 0 atom stereocenters. The number of nitrogens with one attached hydrogen (secondary N) is 1. The van der Waals surface area contributed by atoms with Crippen molar-refractivity contribution in [2.24, 2.45) is 13.0 Å². The highest BCUT2D eigenvalue weighted by atomic mass is 16.4. The Labute approximate surface area is 123 Å². The maximum Gasteiger partial charge on any atom is 0.317 e. The van der Waals surface area contributed by atoms with Gasteiger partial charge in [-0.1, -0.05) is 6.92 Å². The zero-order valence-corrected chi connectivity index (χ0v) is 12.5. The van der Waals surface area contributed by atoms with Crippen LogP contribution in [-0.2, 0) is 24.8 Å². The normalized spacial score (nSPS) is 16.0. The van der Waals surface area contributed by atoms with E-state index in [1.807, 2.05) is 20.2 Å². The lowest BCUT2D eigenvalue weighted by atomic mass is 9.97. The average Bonchev–Trinajstić information content (AvgIpc) is 2.85. The summed E-state index contributed by atoms with van der Waals surface area (Å²) in [6.07, 6.45) is 3.79. The van der Waals surface area contributed by atoms with Crippen molar-refractivity contribution in [3.05, 3.63) is 17.5 Å². The lowest BCUT2D eigenvalue weighted by Crippen LogP contribution is -2.45. The predicted octanol–water partition coefficient (Wildman–Crippen LogP) is 0.989. The fraction of sp³-hybridized carbons (Fsp3) is 0.643. The number of rotatable bonds is 4. The first-order valence-electron chi connectivity index (χ1n) is 7.28. The molecular formula is C14H22N4O3. The van der Waals surface area contributed by atoms with Crippen LogP contribution in [0.5, 0.6) is 0 Å². The van der Waals surface area contributed by atoms with Gasteiger partial charge in [-0.2, -0.15) is 5.10 Å². The molecule has 0 aliphatic carbocycles. The van der Waals surface area contributed by atoms with E-state index in [9.17, 15) is 9.59 Å². The molecule has 0 bridgehead atoms. The Balaban J connectivity index is 1.84. The van der Waals surface area contributed by atoms with Crippen LogP contribution < -0.4 is 5.32 Å². The fourth-order valence-corrected chi connectivity index (χ4v) is 2.64. The molecular weight excluding hydrogens is 272 g/mol. The smallest absolute Gasteiger partial charge is 0.317 e. The molecule has 1 aliphatic rings. The van der Waals surface area contributed by atoms with Gasteiger partial charge in [0, 0.05) is 38.4 Å². The van der Waals surface area contributed by atoms with Crippen molar-refractivity contribution in [3.8, 4) is 0 Å². The molecule has 0 saturated carbocycles. The van der Waals surface area contributed by atoms with E-state index in [2.05, 4.69) is 10.4 Å². The Hall–Kier alpha value is -2.05. The van der Waals surface area contributed by atoms with E-state index in [-0.39, 0.29) is 11.9 Å². The molecule has 1 aliphatic heterocycles. The number of likely N-dealkylation sites (tertiary alicyclic amines) is 1. The molecule has 2 amide bonds. The second kappa shape index (κ2) is 6.60. The van der Waals surface area contributed by atoms with Crippen molar-refractivity contribution in [3.63, 3.8) is 0 Å². The number of piperidine rings is 1. The number of carbonyl (C=O) groups excluding carboxylic acids is 1. The molecule has 2 heterocycles. The summed E-state index contributed by atoms with van der Waals surface area (Å²) in [6, 6.07) is -0.134. The van der Waals surface area contributed by atoms with E-state index in [0.717, 1.165) is 17.7 Å². The Bertz CT molecular complexity index is 518. The van der Waals surface area contributed by atoms with Gasteiger partial charge in [-0.3, -0.25) is 9.48 Å². The number of hydrogen-bond acceptors (Lipinski definition) is 3. The van der Waals surface area contributed by atoms with Gasteiger partial charge in [0.25, 0.3) is 0 Å². The number of carbonyl (C=O) groups is 2. The van der Waals surface area contributed by atoms with E-state index in [1.54, 1.807) is 9.58 Å². The van der Waals surface area contributed by atoms with Crippen LogP contribution in [0.2, 0.25) is 0 Å². The highest BCUT2D eigenvalue weighted by Crippen LogP contribution is 2.17. The SMILES string of the molecule is CCc1nn(C)cc1CNC(=O)N1CCC(C(=O)O)CC1. The molecule has 21 heavy (non-hydrogen) atoms. The molecule has 7 heteroatoms. The number of urea groups is 1. The van der Waals surface area contributed by atoms with Crippen molar-refractivity contribution in [1.29, 1.82) is 0 Å². The van der Waals surface area contributed by atoms with Gasteiger partial charge in [0.15, 0.2) is 0 Å². The lowest BCUT2D eigenvalue weighted by Gasteiger charge is -2.30. The van der Waals surface area contributed by atoms with E-state index in [4.69, 9.17) is 5.11 Å². The summed E-state index contributed by atoms with van der Waals surface area (Å²) in [4.78, 5) is 24.7. The number of carboxylic acids is 1. The maximum absolute atomic E-state index is 12.1. The first kappa shape index (κ1) is 15.3. The minimum atomic E-state index is -0.766. The summed E-state index contributed by atoms with van der Waals surface area (Å²) in [5, 5.41) is 16.2. The van der Waals surface area contributed by atoms with Crippen LogP contribution in [0.25, 0.3) is 0 Å². The quantitative estimate of drug-likeness (QED) is 0.867. The highest BCUT2D eigenvalue weighted by Gasteiger charge is 2.26. The number of aryl methyl sites for hydroxylation is 2. The minimum Gasteiger partial charge on any atom is -0.481 e. The van der Waals surface area contributed by atoms with Gasteiger partial charge >= 0.3 is 12.0 Å². The van der Waals surface area contributed by atoms with Gasteiger partial charge in [-0.05, 0) is 19.3 Å². The zero-order valence-electron chi connectivity index (χ0n) is 12.5. The standard InChI is InChI=1S/C14H22N4O3/c1-3-12-11(9-17(2)16-12)8-15-14(21)18-6-4-10(5-7-18)13(19)20/h9-10H,3-8H2,1-2H3,(H,15,21)(H,19,20). The Kier molecular flexibility index (Phi) is 4.82. The number of amides is 2. The Morgan fingerprint density at radius 2 is 2.10 bits per heavy atom. The predicted molar refractivity (Wildman–Crippen MR) is 76.8 cm³/mol. The van der Waals surface area contributed by atoms with E-state index < -0.39 is 5.97 Å². The van der Waals surface area contributed by atoms with Gasteiger partial charge in [0.2, 0.25) is 0 Å². The average molecular weight is 294 g/mol. The number of aliphatic carboxylic acids is 1. The van der Waals surface area contributed by atoms with Crippen LogP contribution >= 0.6 is 0 Å². The molecule has 0 aromatic carbocycles. The topological polar surface area (TPSA) is 87.5 Å². The second-order valence-corrected chi connectivity index (χ2v) is 5.39. The van der Waals surface area contributed by atoms with Crippen LogP contribution in [0.4, 0.5) is 4.79 Å². The van der Waals surface area contributed by atoms with Crippen LogP contribution in [0.15, 0.2) is 6.20 Å². The molecule has 2 rings (SSSR count). The lowest BCUT2D eigenvalue weighted by molar-refractivity contribution is -0.143. The zero-order chi connectivity index (χ0) is 15.4. The van der Waals surface area contributed by atoms with Crippen LogP contribution in [0.3, 0.4) is 0 Å². The molecule has 2 N–H and O–H groups in total. The van der Waals surface area contributed by atoms with Crippen LogP contribution in [0.1, 0.15) is 31.0 Å². The minimum absolute atomic E-state index is 0.134. The van der Waals surface area contributed by atoms with Crippen molar-refractivity contribution in [2.45, 2.75) is 32.7 Å². The summed E-state index contributed by atoms with van der Waals surface area (Å²) in [5.41, 5.74) is 2.01. The van der Waals surface area contributed by atoms with E-state index in [1.165, 1.54) is 0 Å². The molecule has 1 aromatic heterocycles. The monoisotopic (exact) mass is 294 g/mol. The van der Waals surface area contributed by atoms with Crippen LogP contribution in [-0.4, -0.2) is 44.9 Å². The molecule has 0 unspecified atom stereocenters. The molecule has 116 valence electrons. The summed E-state index contributed by atoms with van der Waals surface area (Å²) >= 11 is 0. The van der Waals surface area contributed by atoms with Gasteiger partial charge in [-0.15, -0.1) is 0 Å². The first-order chi connectivity index (χ1) is 10.0. The Morgan fingerprint density at radius 3 is 2.67 bits per heavy atom. The third-order valence-corrected chi connectivity index (χ3v) is 3.89. The van der Waals surface area contributed by atoms with Gasteiger partial charge in [0.05, 0.1) is 11.6 Å². The summed E-state index contributed by atoms with van der Waals surface area (Å²) in [7, 11) is 1.86. The number of hydrogen-bond donors (Lipinski definition) is 2. The van der Waals surface area contributed by atoms with Crippen molar-refractivity contribution in [2.75, 3.05) is 13.1 Å². The maximum atomic E-state index is 12.1. The molecule has 1 saturated heterocycles. The van der Waals surface area contributed by atoms with E-state index in [0.29, 0.717) is 32.5 Å². The number of nitrogens with zero attached hydrogens (tertiary/aromatic N) is 3. The Morgan fingerprint density at radius 1 is 1.43 bits per heavy atom. The van der Waals surface area contributed by atoms with Gasteiger partial charge < -0.3 is 15.3 Å². The number of carboxylic acid groups (broad SMARTS) is 1. The summed E-state index contributed by atoms with van der Waals surface area (Å²) in [6.45, 7) is 3.48. The first-order valence-corrected chi connectivity index (χ1v) is 7.28. The van der Waals surface area contributed by atoms with Gasteiger partial charge in [-0.25, -0.2) is 4.79 Å². The van der Waals surface area contributed by atoms with Gasteiger partial charge in [0.1, 0.15) is 0 Å². The molecule has 0 radical (unpaired) electrons. The largest absolute Gasteiger partial charge is 0.481 e. The summed E-state index contributed by atoms with van der Waals surface area (Å²) < 4.78 is 1.75. The number of aromatic nitrogens is 2. The van der Waals surface area contributed by atoms with Crippen molar-refractivity contribution < 1.29 is 14.7 Å². The van der Waals surface area contributed by atoms with E-state index >= 15 is 0 Å². The third-order valence-electron chi connectivity index (χ3n) is 3.89. The summed E-state index contributed by atoms with van der Waals surface area (Å²) in [5.74, 6) is -1.09. The van der Waals surface area contributed by atoms with Crippen LogP contribution in [0, 0.1) is 5.92 Å². The highest BCUT2D eigenvalue weighted by molar-refractivity contribution is 5.75. The molecule has 1 aromatic rings.